The lowest BCUT2D eigenvalue weighted by molar-refractivity contribution is -0.386. The Morgan fingerprint density at radius 3 is 2.89 bits per heavy atom. The van der Waals surface area contributed by atoms with Crippen molar-refractivity contribution in [1.82, 2.24) is 4.90 Å². The fraction of sp³-hybridized carbons (Fsp3) is 0.538. The average Bonchev–Trinajstić information content (AvgIpc) is 2.75. The maximum absolute atomic E-state index is 13.7. The average molecular weight is 267 g/mol. The third-order valence-electron chi connectivity index (χ3n) is 3.41. The third kappa shape index (κ3) is 2.84. The van der Waals surface area contributed by atoms with Crippen LogP contribution in [0.15, 0.2) is 18.2 Å². The molecule has 0 radical (unpaired) electrons. The van der Waals surface area contributed by atoms with E-state index in [2.05, 4.69) is 0 Å². The van der Waals surface area contributed by atoms with Gasteiger partial charge in [0.05, 0.1) is 4.92 Å². The van der Waals surface area contributed by atoms with E-state index in [-0.39, 0.29) is 6.04 Å². The van der Waals surface area contributed by atoms with Gasteiger partial charge in [0, 0.05) is 19.1 Å². The molecule has 1 unspecified atom stereocenters. The van der Waals surface area contributed by atoms with Crippen LogP contribution in [0.5, 0.6) is 0 Å². The van der Waals surface area contributed by atoms with Gasteiger partial charge >= 0.3 is 5.69 Å². The number of halogens is 1. The summed E-state index contributed by atoms with van der Waals surface area (Å²) in [6.07, 6.45) is 1.96. The van der Waals surface area contributed by atoms with Crippen LogP contribution in [-0.2, 0) is 0 Å². The van der Waals surface area contributed by atoms with Gasteiger partial charge in [0.1, 0.15) is 5.69 Å². The Morgan fingerprint density at radius 1 is 1.53 bits per heavy atom. The van der Waals surface area contributed by atoms with Gasteiger partial charge in [-0.05, 0) is 39.1 Å². The summed E-state index contributed by atoms with van der Waals surface area (Å²) in [6, 6.07) is 4.51. The first-order chi connectivity index (χ1) is 9.00. The van der Waals surface area contributed by atoms with Gasteiger partial charge in [-0.25, -0.2) is 0 Å². The van der Waals surface area contributed by atoms with Crippen LogP contribution in [-0.4, -0.2) is 43.0 Å². The molecule has 0 aliphatic carbocycles. The second-order valence-corrected chi connectivity index (χ2v) is 5.12. The van der Waals surface area contributed by atoms with Gasteiger partial charge in [-0.3, -0.25) is 10.1 Å². The van der Waals surface area contributed by atoms with E-state index in [1.807, 2.05) is 23.9 Å². The number of benzene rings is 1. The minimum Gasteiger partial charge on any atom is -0.362 e. The molecule has 6 heteroatoms. The van der Waals surface area contributed by atoms with E-state index in [1.165, 1.54) is 6.07 Å². The molecule has 104 valence electrons. The lowest BCUT2D eigenvalue weighted by atomic mass is 10.2. The van der Waals surface area contributed by atoms with Crippen LogP contribution < -0.4 is 4.90 Å². The Bertz CT molecular complexity index is 479. The summed E-state index contributed by atoms with van der Waals surface area (Å²) in [5.74, 6) is -0.766. The third-order valence-corrected chi connectivity index (χ3v) is 3.41. The fourth-order valence-electron chi connectivity index (χ4n) is 2.68. The number of likely N-dealkylation sites (N-methyl/N-ethyl adjacent to an activating group) is 1. The summed E-state index contributed by atoms with van der Waals surface area (Å²) < 4.78 is 13.7. The van der Waals surface area contributed by atoms with Crippen LogP contribution >= 0.6 is 0 Å². The normalized spacial score (nSPS) is 19.2. The van der Waals surface area contributed by atoms with Gasteiger partial charge in [0.25, 0.3) is 0 Å². The van der Waals surface area contributed by atoms with Crippen molar-refractivity contribution in [3.8, 4) is 0 Å². The lowest BCUT2D eigenvalue weighted by Crippen LogP contribution is -2.37. The molecule has 5 nitrogen and oxygen atoms in total. The molecule has 0 saturated carbocycles. The largest absolute Gasteiger partial charge is 0.362 e. The van der Waals surface area contributed by atoms with Gasteiger partial charge in [-0.1, -0.05) is 6.07 Å². The van der Waals surface area contributed by atoms with Crippen molar-refractivity contribution < 1.29 is 9.31 Å². The number of para-hydroxylation sites is 1. The van der Waals surface area contributed by atoms with Gasteiger partial charge < -0.3 is 9.80 Å². The number of rotatable bonds is 4. The summed E-state index contributed by atoms with van der Waals surface area (Å²) in [4.78, 5) is 14.4. The van der Waals surface area contributed by atoms with Crippen LogP contribution in [0, 0.1) is 15.9 Å². The van der Waals surface area contributed by atoms with Crippen LogP contribution in [0.25, 0.3) is 0 Å². The highest BCUT2D eigenvalue weighted by Gasteiger charge is 2.31. The molecule has 2 rings (SSSR count). The van der Waals surface area contributed by atoms with E-state index < -0.39 is 16.4 Å². The summed E-state index contributed by atoms with van der Waals surface area (Å²) >= 11 is 0. The Kier molecular flexibility index (Phi) is 3.99. The number of anilines is 1. The molecule has 0 spiro atoms. The summed E-state index contributed by atoms with van der Waals surface area (Å²) in [7, 11) is 3.94. The highest BCUT2D eigenvalue weighted by Crippen LogP contribution is 2.35. The molecule has 1 aromatic rings. The lowest BCUT2D eigenvalue weighted by Gasteiger charge is -2.28. The highest BCUT2D eigenvalue weighted by atomic mass is 19.1. The molecule has 19 heavy (non-hydrogen) atoms. The van der Waals surface area contributed by atoms with E-state index in [0.29, 0.717) is 5.69 Å². The van der Waals surface area contributed by atoms with E-state index in [0.717, 1.165) is 32.0 Å². The first-order valence-electron chi connectivity index (χ1n) is 6.35. The monoisotopic (exact) mass is 267 g/mol. The molecule has 1 fully saturated rings. The second-order valence-electron chi connectivity index (χ2n) is 5.12. The molecule has 1 aliphatic heterocycles. The zero-order valence-corrected chi connectivity index (χ0v) is 11.2. The Hall–Kier alpha value is -1.69. The predicted molar refractivity (Wildman–Crippen MR) is 72.0 cm³/mol. The zero-order valence-electron chi connectivity index (χ0n) is 11.2. The van der Waals surface area contributed by atoms with E-state index in [9.17, 15) is 14.5 Å². The second kappa shape index (κ2) is 5.52. The number of nitrogens with zero attached hydrogens (tertiary/aromatic N) is 3. The van der Waals surface area contributed by atoms with E-state index >= 15 is 0 Å². The maximum atomic E-state index is 13.7. The number of hydrogen-bond acceptors (Lipinski definition) is 4. The Labute approximate surface area is 111 Å². The number of hydrogen-bond donors (Lipinski definition) is 0. The Balaban J connectivity index is 2.35. The Morgan fingerprint density at radius 2 is 2.26 bits per heavy atom. The quantitative estimate of drug-likeness (QED) is 0.620. The standard InChI is InChI=1S/C13H18FN3O2/c1-15(2)9-10-5-4-8-16(10)12-7-3-6-11(14)13(12)17(18)19/h3,6-7,10H,4-5,8-9H2,1-2H3. The first-order valence-corrected chi connectivity index (χ1v) is 6.35. The summed E-state index contributed by atoms with van der Waals surface area (Å²) in [5, 5.41) is 11.1. The first kappa shape index (κ1) is 13.7. The maximum Gasteiger partial charge on any atom is 0.327 e. The van der Waals surface area contributed by atoms with Gasteiger partial charge in [-0.15, -0.1) is 0 Å². The van der Waals surface area contributed by atoms with E-state index in [4.69, 9.17) is 0 Å². The van der Waals surface area contributed by atoms with Crippen molar-refractivity contribution in [3.63, 3.8) is 0 Å². The van der Waals surface area contributed by atoms with Gasteiger partial charge in [0.2, 0.25) is 5.82 Å². The van der Waals surface area contributed by atoms with Crippen molar-refractivity contribution >= 4 is 11.4 Å². The molecule has 1 saturated heterocycles. The predicted octanol–water partition coefficient (Wildman–Crippen LogP) is 2.26. The molecule has 0 amide bonds. The van der Waals surface area contributed by atoms with Crippen LogP contribution in [0.4, 0.5) is 15.8 Å². The highest BCUT2D eigenvalue weighted by molar-refractivity contribution is 5.64. The molecule has 1 heterocycles. The van der Waals surface area contributed by atoms with Crippen molar-refractivity contribution in [2.45, 2.75) is 18.9 Å². The van der Waals surface area contributed by atoms with Crippen LogP contribution in [0.1, 0.15) is 12.8 Å². The van der Waals surface area contributed by atoms with Crippen molar-refractivity contribution in [1.29, 1.82) is 0 Å². The van der Waals surface area contributed by atoms with Gasteiger partial charge in [0.15, 0.2) is 0 Å². The SMILES string of the molecule is CN(C)CC1CCCN1c1cccc(F)c1[N+](=O)[O-]. The van der Waals surface area contributed by atoms with Crippen molar-refractivity contribution in [3.05, 3.63) is 34.1 Å². The molecule has 1 atom stereocenters. The zero-order chi connectivity index (χ0) is 14.0. The smallest absolute Gasteiger partial charge is 0.327 e. The van der Waals surface area contributed by atoms with Crippen molar-refractivity contribution in [2.75, 3.05) is 32.1 Å². The van der Waals surface area contributed by atoms with Crippen LogP contribution in [0.3, 0.4) is 0 Å². The summed E-state index contributed by atoms with van der Waals surface area (Å²) in [6.45, 7) is 1.55. The number of nitro benzene ring substituents is 1. The fourth-order valence-corrected chi connectivity index (χ4v) is 2.68. The number of nitro groups is 1. The molecule has 0 aromatic heterocycles. The molecule has 0 N–H and O–H groups in total. The van der Waals surface area contributed by atoms with E-state index in [1.54, 1.807) is 6.07 Å². The minimum absolute atomic E-state index is 0.204. The van der Waals surface area contributed by atoms with Crippen LogP contribution in [0.2, 0.25) is 0 Å². The molecular weight excluding hydrogens is 249 g/mol. The minimum atomic E-state index is -0.766. The molecular formula is C13H18FN3O2. The molecule has 1 aliphatic rings. The summed E-state index contributed by atoms with van der Waals surface area (Å²) in [5.41, 5.74) is -0.0116. The molecule has 0 bridgehead atoms. The topological polar surface area (TPSA) is 49.6 Å². The van der Waals surface area contributed by atoms with Gasteiger partial charge in [-0.2, -0.15) is 4.39 Å². The van der Waals surface area contributed by atoms with Crippen molar-refractivity contribution in [2.24, 2.45) is 0 Å². The molecule has 1 aromatic carbocycles.